The topological polar surface area (TPSA) is 46.3 Å². The maximum absolute atomic E-state index is 11.8. The van der Waals surface area contributed by atoms with E-state index < -0.39 is 0 Å². The third-order valence-electron chi connectivity index (χ3n) is 3.71. The van der Waals surface area contributed by atoms with Crippen LogP contribution < -0.4 is 5.73 Å². The Balaban J connectivity index is 2.18. The molecular weight excluding hydrogens is 212 g/mol. The molecule has 0 bridgehead atoms. The lowest BCUT2D eigenvalue weighted by molar-refractivity contribution is -0.132. The highest BCUT2D eigenvalue weighted by molar-refractivity contribution is 5.76. The summed E-state index contributed by atoms with van der Waals surface area (Å²) in [6, 6.07) is 0. The summed E-state index contributed by atoms with van der Waals surface area (Å²) in [6.45, 7) is 7.12. The summed E-state index contributed by atoms with van der Waals surface area (Å²) < 4.78 is 0. The van der Waals surface area contributed by atoms with Gasteiger partial charge in [-0.1, -0.05) is 26.7 Å². The normalized spacial score (nSPS) is 17.8. The summed E-state index contributed by atoms with van der Waals surface area (Å²) in [5.74, 6) is 1.95. The van der Waals surface area contributed by atoms with Gasteiger partial charge in [0.2, 0.25) is 5.91 Å². The van der Waals surface area contributed by atoms with Crippen LogP contribution in [0.15, 0.2) is 0 Å². The number of rotatable bonds is 6. The van der Waals surface area contributed by atoms with Gasteiger partial charge in [-0.15, -0.1) is 0 Å². The molecule has 1 saturated heterocycles. The molecule has 3 nitrogen and oxygen atoms in total. The highest BCUT2D eigenvalue weighted by Crippen LogP contribution is 2.24. The Kier molecular flexibility index (Phi) is 6.56. The maximum atomic E-state index is 11.8. The molecule has 1 heterocycles. The largest absolute Gasteiger partial charge is 0.343 e. The molecule has 1 aliphatic heterocycles. The number of carbonyl (C=O) groups excluding carboxylic acids is 1. The number of hydrogen-bond donors (Lipinski definition) is 1. The van der Waals surface area contributed by atoms with Gasteiger partial charge in [0.05, 0.1) is 0 Å². The second-order valence-corrected chi connectivity index (χ2v) is 5.69. The van der Waals surface area contributed by atoms with Crippen LogP contribution in [0.4, 0.5) is 0 Å². The Bertz CT molecular complexity index is 220. The lowest BCUT2D eigenvalue weighted by Crippen LogP contribution is -2.38. The lowest BCUT2D eigenvalue weighted by Gasteiger charge is -2.32. The minimum Gasteiger partial charge on any atom is -0.343 e. The van der Waals surface area contributed by atoms with Gasteiger partial charge in [0.15, 0.2) is 0 Å². The van der Waals surface area contributed by atoms with Crippen molar-refractivity contribution in [2.75, 3.05) is 19.6 Å². The minimum atomic E-state index is 0.303. The van der Waals surface area contributed by atoms with Gasteiger partial charge < -0.3 is 10.6 Å². The van der Waals surface area contributed by atoms with Gasteiger partial charge in [0.1, 0.15) is 0 Å². The Morgan fingerprint density at radius 3 is 2.53 bits per heavy atom. The molecule has 0 aliphatic carbocycles. The summed E-state index contributed by atoms with van der Waals surface area (Å²) in [4.78, 5) is 13.8. The number of likely N-dealkylation sites (tertiary alicyclic amines) is 1. The van der Waals surface area contributed by atoms with Gasteiger partial charge in [-0.25, -0.2) is 0 Å². The molecule has 2 N–H and O–H groups in total. The third kappa shape index (κ3) is 5.53. The molecule has 17 heavy (non-hydrogen) atoms. The molecule has 0 spiro atoms. The van der Waals surface area contributed by atoms with Crippen LogP contribution in [0.5, 0.6) is 0 Å². The summed E-state index contributed by atoms with van der Waals surface area (Å²) >= 11 is 0. The molecule has 1 aliphatic rings. The third-order valence-corrected chi connectivity index (χ3v) is 3.71. The number of hydrogen-bond acceptors (Lipinski definition) is 2. The van der Waals surface area contributed by atoms with E-state index in [0.29, 0.717) is 18.9 Å². The fraction of sp³-hybridized carbons (Fsp3) is 0.929. The SMILES string of the molecule is CC(C)CCC1CCN(C(=O)CCCN)CC1. The van der Waals surface area contributed by atoms with E-state index in [1.807, 2.05) is 4.90 Å². The second kappa shape index (κ2) is 7.70. The van der Waals surface area contributed by atoms with Gasteiger partial charge in [-0.2, -0.15) is 0 Å². The van der Waals surface area contributed by atoms with Crippen LogP contribution in [0.25, 0.3) is 0 Å². The fourth-order valence-electron chi connectivity index (χ4n) is 2.45. The maximum Gasteiger partial charge on any atom is 0.222 e. The van der Waals surface area contributed by atoms with Gasteiger partial charge in [-0.3, -0.25) is 4.79 Å². The zero-order chi connectivity index (χ0) is 12.7. The van der Waals surface area contributed by atoms with E-state index in [1.54, 1.807) is 0 Å². The molecular formula is C14H28N2O. The van der Waals surface area contributed by atoms with E-state index in [1.165, 1.54) is 25.7 Å². The molecule has 0 aromatic heterocycles. The highest BCUT2D eigenvalue weighted by atomic mass is 16.2. The van der Waals surface area contributed by atoms with Crippen molar-refractivity contribution < 1.29 is 4.79 Å². The van der Waals surface area contributed by atoms with Crippen molar-refractivity contribution in [1.29, 1.82) is 0 Å². The van der Waals surface area contributed by atoms with E-state index >= 15 is 0 Å². The quantitative estimate of drug-likeness (QED) is 0.775. The van der Waals surface area contributed by atoms with Crippen LogP contribution in [0.1, 0.15) is 52.4 Å². The Morgan fingerprint density at radius 1 is 1.35 bits per heavy atom. The first-order chi connectivity index (χ1) is 8.13. The molecule has 0 unspecified atom stereocenters. The van der Waals surface area contributed by atoms with Gasteiger partial charge in [0.25, 0.3) is 0 Å². The molecule has 1 fully saturated rings. The Morgan fingerprint density at radius 2 is 2.00 bits per heavy atom. The number of carbonyl (C=O) groups is 1. The zero-order valence-corrected chi connectivity index (χ0v) is 11.5. The minimum absolute atomic E-state index is 0.303. The van der Waals surface area contributed by atoms with E-state index in [-0.39, 0.29) is 0 Å². The van der Waals surface area contributed by atoms with Gasteiger partial charge in [-0.05, 0) is 37.6 Å². The van der Waals surface area contributed by atoms with Crippen LogP contribution in [0.2, 0.25) is 0 Å². The molecule has 100 valence electrons. The molecule has 3 heteroatoms. The van der Waals surface area contributed by atoms with Crippen molar-refractivity contribution >= 4 is 5.91 Å². The van der Waals surface area contributed by atoms with Crippen molar-refractivity contribution in [3.63, 3.8) is 0 Å². The monoisotopic (exact) mass is 240 g/mol. The molecule has 0 atom stereocenters. The van der Waals surface area contributed by atoms with Crippen molar-refractivity contribution in [3.8, 4) is 0 Å². The molecule has 1 amide bonds. The van der Waals surface area contributed by atoms with Crippen molar-refractivity contribution in [1.82, 2.24) is 4.90 Å². The van der Waals surface area contributed by atoms with Crippen LogP contribution in [-0.2, 0) is 4.79 Å². The van der Waals surface area contributed by atoms with E-state index in [0.717, 1.165) is 31.3 Å². The van der Waals surface area contributed by atoms with E-state index in [4.69, 9.17) is 5.73 Å². The average Bonchev–Trinajstić information content (AvgIpc) is 2.34. The van der Waals surface area contributed by atoms with Crippen LogP contribution in [-0.4, -0.2) is 30.4 Å². The Labute approximate surface area is 106 Å². The first-order valence-electron chi connectivity index (χ1n) is 7.11. The smallest absolute Gasteiger partial charge is 0.222 e. The summed E-state index contributed by atoms with van der Waals surface area (Å²) in [6.07, 6.45) is 6.51. The van der Waals surface area contributed by atoms with E-state index in [2.05, 4.69) is 13.8 Å². The summed E-state index contributed by atoms with van der Waals surface area (Å²) in [5.41, 5.74) is 5.43. The van der Waals surface area contributed by atoms with Crippen molar-refractivity contribution in [2.24, 2.45) is 17.6 Å². The van der Waals surface area contributed by atoms with Gasteiger partial charge in [0, 0.05) is 19.5 Å². The molecule has 0 radical (unpaired) electrons. The number of piperidine rings is 1. The molecule has 1 rings (SSSR count). The van der Waals surface area contributed by atoms with Crippen molar-refractivity contribution in [2.45, 2.75) is 52.4 Å². The molecule has 0 aromatic carbocycles. The first kappa shape index (κ1) is 14.5. The second-order valence-electron chi connectivity index (χ2n) is 5.69. The summed E-state index contributed by atoms with van der Waals surface area (Å²) in [5, 5.41) is 0. The van der Waals surface area contributed by atoms with E-state index in [9.17, 15) is 4.79 Å². The van der Waals surface area contributed by atoms with Crippen LogP contribution >= 0.6 is 0 Å². The standard InChI is InChI=1S/C14H28N2O/c1-12(2)5-6-13-7-10-16(11-8-13)14(17)4-3-9-15/h12-13H,3-11,15H2,1-2H3. The predicted octanol–water partition coefficient (Wildman–Crippen LogP) is 2.40. The first-order valence-corrected chi connectivity index (χ1v) is 7.11. The fourth-order valence-corrected chi connectivity index (χ4v) is 2.45. The molecule has 0 aromatic rings. The zero-order valence-electron chi connectivity index (χ0n) is 11.5. The van der Waals surface area contributed by atoms with Crippen LogP contribution in [0.3, 0.4) is 0 Å². The highest BCUT2D eigenvalue weighted by Gasteiger charge is 2.22. The lowest BCUT2D eigenvalue weighted by atomic mass is 9.89. The summed E-state index contributed by atoms with van der Waals surface area (Å²) in [7, 11) is 0. The number of nitrogens with zero attached hydrogens (tertiary/aromatic N) is 1. The Hall–Kier alpha value is -0.570. The van der Waals surface area contributed by atoms with Crippen LogP contribution in [0, 0.1) is 11.8 Å². The molecule has 0 saturated carbocycles. The average molecular weight is 240 g/mol. The number of nitrogens with two attached hydrogens (primary N) is 1. The number of amides is 1. The predicted molar refractivity (Wildman–Crippen MR) is 71.7 cm³/mol. The van der Waals surface area contributed by atoms with Crippen molar-refractivity contribution in [3.05, 3.63) is 0 Å². The van der Waals surface area contributed by atoms with Gasteiger partial charge >= 0.3 is 0 Å².